The summed E-state index contributed by atoms with van der Waals surface area (Å²) in [7, 11) is 0. The Kier molecular flexibility index (Phi) is 7.25. The minimum Gasteiger partial charge on any atom is -0.396 e. The fourth-order valence-corrected chi connectivity index (χ4v) is 6.38. The summed E-state index contributed by atoms with van der Waals surface area (Å²) in [6.07, 6.45) is 4.12. The third-order valence-corrected chi connectivity index (χ3v) is 8.47. The molecule has 4 N–H and O–H groups in total. The minimum absolute atomic E-state index is 0.00440. The first kappa shape index (κ1) is 25.8. The Hall–Kier alpha value is -0.320. The van der Waals surface area contributed by atoms with E-state index in [1.54, 1.807) is 0 Å². The molecular formula is C25H44O8. The molecule has 3 atom stereocenters. The maximum absolute atomic E-state index is 10.1. The van der Waals surface area contributed by atoms with E-state index in [2.05, 4.69) is 0 Å². The van der Waals surface area contributed by atoms with Gasteiger partial charge >= 0.3 is 0 Å². The zero-order chi connectivity index (χ0) is 24.1. The molecule has 0 aromatic heterocycles. The van der Waals surface area contributed by atoms with Crippen molar-refractivity contribution in [1.82, 2.24) is 0 Å². The summed E-state index contributed by atoms with van der Waals surface area (Å²) in [5.74, 6) is 1.85. The molecule has 4 saturated carbocycles. The van der Waals surface area contributed by atoms with Gasteiger partial charge < -0.3 is 39.4 Å². The Bertz CT molecular complexity index is 612. The van der Waals surface area contributed by atoms with Gasteiger partial charge in [-0.15, -0.1) is 0 Å². The van der Waals surface area contributed by atoms with E-state index in [1.165, 1.54) is 19.3 Å². The highest BCUT2D eigenvalue weighted by molar-refractivity contribution is 5.07. The van der Waals surface area contributed by atoms with Crippen LogP contribution in [0.2, 0.25) is 0 Å². The molecule has 2 saturated heterocycles. The molecule has 6 aliphatic rings. The van der Waals surface area contributed by atoms with Gasteiger partial charge in [0.25, 0.3) is 0 Å². The third kappa shape index (κ3) is 5.14. The van der Waals surface area contributed by atoms with E-state index in [9.17, 15) is 20.4 Å². The van der Waals surface area contributed by atoms with Crippen LogP contribution in [0.4, 0.5) is 0 Å². The first-order valence-corrected chi connectivity index (χ1v) is 12.5. The predicted molar refractivity (Wildman–Crippen MR) is 120 cm³/mol. The molecule has 33 heavy (non-hydrogen) atoms. The van der Waals surface area contributed by atoms with Crippen molar-refractivity contribution in [1.29, 1.82) is 0 Å². The van der Waals surface area contributed by atoms with Crippen LogP contribution in [0.5, 0.6) is 0 Å². The van der Waals surface area contributed by atoms with Gasteiger partial charge in [-0.05, 0) is 49.9 Å². The molecule has 0 aromatic carbocycles. The summed E-state index contributed by atoms with van der Waals surface area (Å²) in [5.41, 5.74) is -1.85. The van der Waals surface area contributed by atoms with Gasteiger partial charge in [0.05, 0.1) is 56.8 Å². The van der Waals surface area contributed by atoms with Crippen molar-refractivity contribution in [3.63, 3.8) is 0 Å². The fourth-order valence-electron chi connectivity index (χ4n) is 6.38. The Morgan fingerprint density at radius 2 is 1.12 bits per heavy atom. The molecule has 2 heterocycles. The maximum Gasteiger partial charge on any atom is 0.164 e. The largest absolute Gasteiger partial charge is 0.396 e. The van der Waals surface area contributed by atoms with Crippen LogP contribution in [0, 0.1) is 34.0 Å². The van der Waals surface area contributed by atoms with E-state index < -0.39 is 35.1 Å². The SMILES string of the molecule is CC(C)(CO)C1OCC2(CO1)COC(C(C)(C)CO)OC2.OC1C2CC3CC(C2)CC1(O)C3. The van der Waals surface area contributed by atoms with Crippen LogP contribution in [-0.4, -0.2) is 84.4 Å². The second-order valence-corrected chi connectivity index (χ2v) is 12.9. The van der Waals surface area contributed by atoms with Gasteiger partial charge in [-0.2, -0.15) is 0 Å². The molecule has 2 aliphatic heterocycles. The molecule has 1 spiro atoms. The Morgan fingerprint density at radius 1 is 0.727 bits per heavy atom. The zero-order valence-corrected chi connectivity index (χ0v) is 20.7. The molecule has 8 heteroatoms. The molecular weight excluding hydrogens is 428 g/mol. The number of rotatable bonds is 4. The summed E-state index contributed by atoms with van der Waals surface area (Å²) in [4.78, 5) is 0. The van der Waals surface area contributed by atoms with Crippen molar-refractivity contribution in [2.75, 3.05) is 39.6 Å². The lowest BCUT2D eigenvalue weighted by atomic mass is 9.53. The number of aliphatic hydroxyl groups is 4. The van der Waals surface area contributed by atoms with Crippen LogP contribution in [0.25, 0.3) is 0 Å². The van der Waals surface area contributed by atoms with Crippen molar-refractivity contribution in [2.45, 2.75) is 84.1 Å². The van der Waals surface area contributed by atoms with Crippen LogP contribution in [0.1, 0.15) is 59.8 Å². The highest BCUT2D eigenvalue weighted by Crippen LogP contribution is 2.55. The van der Waals surface area contributed by atoms with Crippen molar-refractivity contribution in [3.8, 4) is 0 Å². The summed E-state index contributed by atoms with van der Waals surface area (Å²) in [5, 5.41) is 38.7. The van der Waals surface area contributed by atoms with Gasteiger partial charge in [0.2, 0.25) is 0 Å². The third-order valence-electron chi connectivity index (χ3n) is 8.47. The first-order chi connectivity index (χ1) is 15.4. The lowest BCUT2D eigenvalue weighted by molar-refractivity contribution is -0.337. The van der Waals surface area contributed by atoms with Gasteiger partial charge in [0, 0.05) is 10.8 Å². The molecule has 4 aliphatic carbocycles. The molecule has 3 unspecified atom stereocenters. The monoisotopic (exact) mass is 472 g/mol. The number of ether oxygens (including phenoxy) is 4. The molecule has 0 radical (unpaired) electrons. The number of aliphatic hydroxyl groups excluding tert-OH is 3. The van der Waals surface area contributed by atoms with Gasteiger partial charge in [-0.25, -0.2) is 0 Å². The zero-order valence-electron chi connectivity index (χ0n) is 20.7. The summed E-state index contributed by atoms with van der Waals surface area (Å²) in [6, 6.07) is 0. The lowest BCUT2D eigenvalue weighted by Crippen LogP contribution is -2.60. The Labute approximate surface area is 197 Å². The standard InChI is InChI=1S/C15H28O6.C10H16O2/c1-13(2,5-16)11-18-7-15(8-19-11)9-20-12(21-10-15)14(3,4)6-17;11-9-8-2-6-1-7(3-8)5-10(9,12)4-6/h11-12,16-17H,5-10H2,1-4H3;6-9,11-12H,1-5H2. The van der Waals surface area contributed by atoms with Gasteiger partial charge in [0.15, 0.2) is 12.6 Å². The second-order valence-electron chi connectivity index (χ2n) is 12.9. The highest BCUT2D eigenvalue weighted by atomic mass is 16.7. The van der Waals surface area contributed by atoms with E-state index in [-0.39, 0.29) is 18.6 Å². The van der Waals surface area contributed by atoms with E-state index in [0.717, 1.165) is 24.7 Å². The molecule has 0 amide bonds. The second kappa shape index (κ2) is 9.28. The van der Waals surface area contributed by atoms with Crippen molar-refractivity contribution < 1.29 is 39.4 Å². The molecule has 0 aromatic rings. The maximum atomic E-state index is 10.1. The molecule has 4 bridgehead atoms. The molecule has 192 valence electrons. The van der Waals surface area contributed by atoms with Crippen LogP contribution in [-0.2, 0) is 18.9 Å². The lowest BCUT2D eigenvalue weighted by Gasteiger charge is -2.57. The van der Waals surface area contributed by atoms with Gasteiger partial charge in [-0.3, -0.25) is 0 Å². The van der Waals surface area contributed by atoms with Gasteiger partial charge in [0.1, 0.15) is 0 Å². The summed E-state index contributed by atoms with van der Waals surface area (Å²) in [6.45, 7) is 9.55. The first-order valence-electron chi connectivity index (χ1n) is 12.5. The normalized spacial score (nSPS) is 45.1. The van der Waals surface area contributed by atoms with Crippen LogP contribution >= 0.6 is 0 Å². The summed E-state index contributed by atoms with van der Waals surface area (Å²) < 4.78 is 23.1. The molecule has 6 rings (SSSR count). The quantitative estimate of drug-likeness (QED) is 0.488. The number of hydrogen-bond donors (Lipinski definition) is 4. The van der Waals surface area contributed by atoms with E-state index in [0.29, 0.717) is 32.3 Å². The van der Waals surface area contributed by atoms with Gasteiger partial charge in [-0.1, -0.05) is 27.7 Å². The van der Waals surface area contributed by atoms with Crippen LogP contribution in [0.3, 0.4) is 0 Å². The minimum atomic E-state index is -0.686. The smallest absolute Gasteiger partial charge is 0.164 e. The Balaban J connectivity index is 0.000000180. The predicted octanol–water partition coefficient (Wildman–Crippen LogP) is 1.67. The molecule has 6 fully saturated rings. The topological polar surface area (TPSA) is 118 Å². The number of hydrogen-bond acceptors (Lipinski definition) is 8. The molecule has 8 nitrogen and oxygen atoms in total. The average Bonchev–Trinajstić information content (AvgIpc) is 2.78. The van der Waals surface area contributed by atoms with Crippen LogP contribution in [0.15, 0.2) is 0 Å². The van der Waals surface area contributed by atoms with Crippen molar-refractivity contribution in [2.24, 2.45) is 34.0 Å². The van der Waals surface area contributed by atoms with E-state index >= 15 is 0 Å². The van der Waals surface area contributed by atoms with Crippen molar-refractivity contribution in [3.05, 3.63) is 0 Å². The van der Waals surface area contributed by atoms with E-state index in [1.807, 2.05) is 27.7 Å². The average molecular weight is 473 g/mol. The van der Waals surface area contributed by atoms with Crippen LogP contribution < -0.4 is 0 Å². The fraction of sp³-hybridized carbons (Fsp3) is 1.00. The van der Waals surface area contributed by atoms with Crippen molar-refractivity contribution >= 4 is 0 Å². The summed E-state index contributed by atoms with van der Waals surface area (Å²) >= 11 is 0. The highest BCUT2D eigenvalue weighted by Gasteiger charge is 2.55. The Morgan fingerprint density at radius 3 is 1.45 bits per heavy atom. The van der Waals surface area contributed by atoms with E-state index in [4.69, 9.17) is 18.9 Å².